The molecule has 0 aliphatic rings. The Hall–Kier alpha value is -2.48. The fraction of sp³-hybridized carbons (Fsp3) is 0.474. The number of rotatable bonds is 10. The van der Waals surface area contributed by atoms with Gasteiger partial charge in [0.25, 0.3) is 0 Å². The van der Waals surface area contributed by atoms with Crippen LogP contribution in [0.25, 0.3) is 6.08 Å². The molecule has 0 saturated carbocycles. The van der Waals surface area contributed by atoms with E-state index >= 15 is 0 Å². The first-order valence-electron chi connectivity index (χ1n) is 8.26. The predicted molar refractivity (Wildman–Crippen MR) is 92.9 cm³/mol. The highest BCUT2D eigenvalue weighted by Crippen LogP contribution is 2.29. The molecule has 0 aromatic heterocycles. The van der Waals surface area contributed by atoms with Gasteiger partial charge in [0.1, 0.15) is 11.6 Å². The summed E-state index contributed by atoms with van der Waals surface area (Å²) in [4.78, 5) is 11.7. The van der Waals surface area contributed by atoms with Crippen LogP contribution in [0.15, 0.2) is 23.8 Å². The Morgan fingerprint density at radius 3 is 2.62 bits per heavy atom. The third-order valence-electron chi connectivity index (χ3n) is 3.37. The SMILES string of the molecule is CCCCCCOc1ccc(C=C(C#N)C(=O)OCC)cc1OC. The van der Waals surface area contributed by atoms with E-state index in [9.17, 15) is 4.79 Å². The number of carbonyl (C=O) groups is 1. The van der Waals surface area contributed by atoms with E-state index in [1.54, 1.807) is 32.2 Å². The van der Waals surface area contributed by atoms with Gasteiger partial charge in [-0.25, -0.2) is 4.79 Å². The third kappa shape index (κ3) is 6.33. The molecule has 0 spiro atoms. The molecule has 0 heterocycles. The molecule has 0 amide bonds. The molecule has 1 rings (SSSR count). The zero-order chi connectivity index (χ0) is 17.8. The number of benzene rings is 1. The quantitative estimate of drug-likeness (QED) is 0.279. The van der Waals surface area contributed by atoms with E-state index in [1.165, 1.54) is 18.9 Å². The molecule has 1 aromatic rings. The highest BCUT2D eigenvalue weighted by Gasteiger charge is 2.11. The van der Waals surface area contributed by atoms with Gasteiger partial charge in [-0.1, -0.05) is 32.3 Å². The monoisotopic (exact) mass is 331 g/mol. The van der Waals surface area contributed by atoms with Crippen molar-refractivity contribution in [1.29, 1.82) is 5.26 Å². The lowest BCUT2D eigenvalue weighted by Crippen LogP contribution is -2.06. The van der Waals surface area contributed by atoms with Crippen LogP contribution < -0.4 is 9.47 Å². The van der Waals surface area contributed by atoms with Gasteiger partial charge < -0.3 is 14.2 Å². The summed E-state index contributed by atoms with van der Waals surface area (Å²) in [6.07, 6.45) is 6.01. The highest BCUT2D eigenvalue weighted by molar-refractivity contribution is 5.97. The van der Waals surface area contributed by atoms with Crippen LogP contribution in [0.1, 0.15) is 45.1 Å². The van der Waals surface area contributed by atoms with Crippen LogP contribution in [0.5, 0.6) is 11.5 Å². The van der Waals surface area contributed by atoms with Crippen molar-refractivity contribution in [3.05, 3.63) is 29.3 Å². The summed E-state index contributed by atoms with van der Waals surface area (Å²) < 4.78 is 15.9. The number of methoxy groups -OCH3 is 1. The molecule has 0 saturated heterocycles. The van der Waals surface area contributed by atoms with Crippen molar-refractivity contribution >= 4 is 12.0 Å². The minimum atomic E-state index is -0.629. The van der Waals surface area contributed by atoms with Gasteiger partial charge in [0, 0.05) is 0 Å². The first-order chi connectivity index (χ1) is 11.7. The van der Waals surface area contributed by atoms with Gasteiger partial charge in [-0.15, -0.1) is 0 Å². The van der Waals surface area contributed by atoms with Gasteiger partial charge in [0.2, 0.25) is 0 Å². The Kier molecular flexibility index (Phi) is 9.06. The topological polar surface area (TPSA) is 68.5 Å². The number of esters is 1. The fourth-order valence-corrected chi connectivity index (χ4v) is 2.12. The standard InChI is InChI=1S/C19H25NO4/c1-4-6-7-8-11-24-17-10-9-15(13-18(17)22-3)12-16(14-20)19(21)23-5-2/h9-10,12-13H,4-8,11H2,1-3H3. The van der Waals surface area contributed by atoms with Crippen molar-refractivity contribution < 1.29 is 19.0 Å². The molecule has 0 atom stereocenters. The summed E-state index contributed by atoms with van der Waals surface area (Å²) in [6.45, 7) is 4.73. The second-order valence-electron chi connectivity index (χ2n) is 5.21. The summed E-state index contributed by atoms with van der Waals surface area (Å²) in [7, 11) is 1.56. The largest absolute Gasteiger partial charge is 0.493 e. The Morgan fingerprint density at radius 2 is 2.00 bits per heavy atom. The van der Waals surface area contributed by atoms with E-state index in [0.717, 1.165) is 12.8 Å². The van der Waals surface area contributed by atoms with Crippen molar-refractivity contribution in [2.24, 2.45) is 0 Å². The van der Waals surface area contributed by atoms with Gasteiger partial charge in [0.15, 0.2) is 11.5 Å². The van der Waals surface area contributed by atoms with Crippen molar-refractivity contribution in [3.8, 4) is 17.6 Å². The van der Waals surface area contributed by atoms with E-state index in [4.69, 9.17) is 19.5 Å². The van der Waals surface area contributed by atoms with Gasteiger partial charge in [-0.3, -0.25) is 0 Å². The average Bonchev–Trinajstić information content (AvgIpc) is 2.60. The van der Waals surface area contributed by atoms with Crippen LogP contribution >= 0.6 is 0 Å². The highest BCUT2D eigenvalue weighted by atomic mass is 16.5. The minimum absolute atomic E-state index is 0.0489. The number of unbranched alkanes of at least 4 members (excludes halogenated alkanes) is 3. The van der Waals surface area contributed by atoms with E-state index in [2.05, 4.69) is 6.92 Å². The molecule has 0 N–H and O–H groups in total. The van der Waals surface area contributed by atoms with Crippen molar-refractivity contribution in [2.45, 2.75) is 39.5 Å². The molecule has 0 aliphatic carbocycles. The number of carbonyl (C=O) groups excluding carboxylic acids is 1. The van der Waals surface area contributed by atoms with Crippen LogP contribution in [0.4, 0.5) is 0 Å². The van der Waals surface area contributed by atoms with Crippen LogP contribution in [-0.4, -0.2) is 26.3 Å². The van der Waals surface area contributed by atoms with Crippen LogP contribution in [-0.2, 0) is 9.53 Å². The maximum atomic E-state index is 11.7. The molecule has 5 nitrogen and oxygen atoms in total. The van der Waals surface area contributed by atoms with E-state index < -0.39 is 5.97 Å². The Bertz CT molecular complexity index is 602. The zero-order valence-electron chi connectivity index (χ0n) is 14.6. The lowest BCUT2D eigenvalue weighted by molar-refractivity contribution is -0.137. The smallest absolute Gasteiger partial charge is 0.348 e. The van der Waals surface area contributed by atoms with E-state index in [1.807, 2.05) is 6.07 Å². The summed E-state index contributed by atoms with van der Waals surface area (Å²) in [5, 5.41) is 9.08. The first-order valence-corrected chi connectivity index (χ1v) is 8.26. The summed E-state index contributed by atoms with van der Waals surface area (Å²) in [5.74, 6) is 0.594. The van der Waals surface area contributed by atoms with Gasteiger partial charge >= 0.3 is 5.97 Å². The van der Waals surface area contributed by atoms with Crippen LogP contribution in [0.2, 0.25) is 0 Å². The minimum Gasteiger partial charge on any atom is -0.493 e. The number of nitrogens with zero attached hydrogens (tertiary/aromatic N) is 1. The number of hydrogen-bond donors (Lipinski definition) is 0. The van der Waals surface area contributed by atoms with Crippen LogP contribution in [0, 0.1) is 11.3 Å². The van der Waals surface area contributed by atoms with Crippen LogP contribution in [0.3, 0.4) is 0 Å². The lowest BCUT2D eigenvalue weighted by Gasteiger charge is -2.11. The second kappa shape index (κ2) is 11.1. The molecular formula is C19H25NO4. The third-order valence-corrected chi connectivity index (χ3v) is 3.37. The summed E-state index contributed by atoms with van der Waals surface area (Å²) in [5.41, 5.74) is 0.627. The summed E-state index contributed by atoms with van der Waals surface area (Å²) in [6, 6.07) is 7.15. The first kappa shape index (κ1) is 19.6. The molecule has 0 fully saturated rings. The maximum absolute atomic E-state index is 11.7. The second-order valence-corrected chi connectivity index (χ2v) is 5.21. The van der Waals surface area contributed by atoms with Crippen molar-refractivity contribution in [2.75, 3.05) is 20.3 Å². The molecule has 0 bridgehead atoms. The number of ether oxygens (including phenoxy) is 3. The molecule has 130 valence electrons. The number of hydrogen-bond acceptors (Lipinski definition) is 5. The van der Waals surface area contributed by atoms with Crippen molar-refractivity contribution in [1.82, 2.24) is 0 Å². The number of nitriles is 1. The van der Waals surface area contributed by atoms with Gasteiger partial charge in [-0.2, -0.15) is 5.26 Å². The summed E-state index contributed by atoms with van der Waals surface area (Å²) >= 11 is 0. The van der Waals surface area contributed by atoms with Gasteiger partial charge in [0.05, 0.1) is 20.3 Å². The van der Waals surface area contributed by atoms with Crippen molar-refractivity contribution in [3.63, 3.8) is 0 Å². The van der Waals surface area contributed by atoms with Gasteiger partial charge in [-0.05, 0) is 37.1 Å². The molecule has 0 radical (unpaired) electrons. The average molecular weight is 331 g/mol. The molecule has 0 unspecified atom stereocenters. The molecule has 0 aliphatic heterocycles. The molecular weight excluding hydrogens is 306 g/mol. The molecule has 1 aromatic carbocycles. The molecule has 5 heteroatoms. The predicted octanol–water partition coefficient (Wildman–Crippen LogP) is 4.12. The zero-order valence-corrected chi connectivity index (χ0v) is 14.6. The molecule has 24 heavy (non-hydrogen) atoms. The maximum Gasteiger partial charge on any atom is 0.348 e. The van der Waals surface area contributed by atoms with E-state index in [0.29, 0.717) is 23.7 Å². The Balaban J connectivity index is 2.82. The fourth-order valence-electron chi connectivity index (χ4n) is 2.12. The Morgan fingerprint density at radius 1 is 1.21 bits per heavy atom. The Labute approximate surface area is 143 Å². The van der Waals surface area contributed by atoms with E-state index in [-0.39, 0.29) is 12.2 Å². The normalized spacial score (nSPS) is 10.8. The lowest BCUT2D eigenvalue weighted by atomic mass is 10.1.